The number of carbonyl (C=O) groups is 1. The molecule has 0 rings (SSSR count). The van der Waals surface area contributed by atoms with Crippen molar-refractivity contribution >= 4 is 5.97 Å². The average molecular weight is 238 g/mol. The molecular formula is C9H18O7. The second kappa shape index (κ2) is 9.49. The first-order valence-corrected chi connectivity index (χ1v) is 4.80. The fourth-order valence-corrected chi connectivity index (χ4v) is 0.923. The SMILES string of the molecule is COCC(O)COCC(CO)OC(=O)CO. The van der Waals surface area contributed by atoms with E-state index in [1.54, 1.807) is 0 Å². The van der Waals surface area contributed by atoms with Crippen LogP contribution in [-0.2, 0) is 19.0 Å². The molecule has 7 nitrogen and oxygen atoms in total. The van der Waals surface area contributed by atoms with Crippen molar-refractivity contribution in [1.82, 2.24) is 0 Å². The highest BCUT2D eigenvalue weighted by atomic mass is 16.6. The smallest absolute Gasteiger partial charge is 0.332 e. The molecule has 0 aromatic heterocycles. The van der Waals surface area contributed by atoms with E-state index in [0.717, 1.165) is 0 Å². The molecule has 0 saturated carbocycles. The maximum absolute atomic E-state index is 10.7. The Morgan fingerprint density at radius 2 is 1.94 bits per heavy atom. The van der Waals surface area contributed by atoms with Crippen LogP contribution in [0.5, 0.6) is 0 Å². The molecule has 16 heavy (non-hydrogen) atoms. The highest BCUT2D eigenvalue weighted by Gasteiger charge is 2.14. The van der Waals surface area contributed by atoms with Crippen LogP contribution in [-0.4, -0.2) is 73.6 Å². The molecule has 3 N–H and O–H groups in total. The van der Waals surface area contributed by atoms with E-state index in [2.05, 4.69) is 9.47 Å². The molecule has 0 aliphatic carbocycles. The lowest BCUT2D eigenvalue weighted by atomic mass is 10.4. The summed E-state index contributed by atoms with van der Waals surface area (Å²) < 4.78 is 14.3. The molecule has 0 radical (unpaired) electrons. The van der Waals surface area contributed by atoms with Crippen molar-refractivity contribution in [2.45, 2.75) is 12.2 Å². The van der Waals surface area contributed by atoms with Crippen molar-refractivity contribution in [2.75, 3.05) is 40.1 Å². The van der Waals surface area contributed by atoms with E-state index in [9.17, 15) is 9.90 Å². The van der Waals surface area contributed by atoms with E-state index in [4.69, 9.17) is 14.9 Å². The van der Waals surface area contributed by atoms with Crippen molar-refractivity contribution in [3.8, 4) is 0 Å². The van der Waals surface area contributed by atoms with E-state index in [1.807, 2.05) is 0 Å². The molecule has 0 fully saturated rings. The Kier molecular flexibility index (Phi) is 9.06. The number of aliphatic hydroxyl groups excluding tert-OH is 3. The fraction of sp³-hybridized carbons (Fsp3) is 0.889. The van der Waals surface area contributed by atoms with Crippen LogP contribution in [0.4, 0.5) is 0 Å². The average Bonchev–Trinajstić information content (AvgIpc) is 2.27. The second-order valence-electron chi connectivity index (χ2n) is 3.10. The summed E-state index contributed by atoms with van der Waals surface area (Å²) in [7, 11) is 1.45. The summed E-state index contributed by atoms with van der Waals surface area (Å²) in [4.78, 5) is 10.7. The van der Waals surface area contributed by atoms with Crippen LogP contribution < -0.4 is 0 Å². The Bertz CT molecular complexity index is 185. The third kappa shape index (κ3) is 7.55. The molecule has 0 aromatic carbocycles. The lowest BCUT2D eigenvalue weighted by molar-refractivity contribution is -0.158. The molecule has 2 unspecified atom stereocenters. The Hall–Kier alpha value is -0.730. The Labute approximate surface area is 93.5 Å². The van der Waals surface area contributed by atoms with Gasteiger partial charge in [0.2, 0.25) is 0 Å². The minimum absolute atomic E-state index is 0.0149. The molecule has 0 aromatic rings. The van der Waals surface area contributed by atoms with Crippen LogP contribution in [0.25, 0.3) is 0 Å². The number of rotatable bonds is 9. The minimum Gasteiger partial charge on any atom is -0.456 e. The molecule has 0 bridgehead atoms. The summed E-state index contributed by atoms with van der Waals surface area (Å²) in [6.07, 6.45) is -1.60. The summed E-state index contributed by atoms with van der Waals surface area (Å²) in [6, 6.07) is 0. The Balaban J connectivity index is 3.66. The third-order valence-electron chi connectivity index (χ3n) is 1.60. The van der Waals surface area contributed by atoms with Gasteiger partial charge in [0, 0.05) is 7.11 Å². The highest BCUT2D eigenvalue weighted by molar-refractivity contribution is 5.70. The molecule has 7 heteroatoms. The molecule has 0 spiro atoms. The normalized spacial score (nSPS) is 14.5. The third-order valence-corrected chi connectivity index (χ3v) is 1.60. The van der Waals surface area contributed by atoms with Crippen LogP contribution in [0.15, 0.2) is 0 Å². The Morgan fingerprint density at radius 3 is 2.44 bits per heavy atom. The van der Waals surface area contributed by atoms with Crippen LogP contribution in [0.1, 0.15) is 0 Å². The van der Waals surface area contributed by atoms with E-state index >= 15 is 0 Å². The molecule has 0 aliphatic rings. The van der Waals surface area contributed by atoms with Crippen molar-refractivity contribution in [1.29, 1.82) is 0 Å². The molecule has 0 amide bonds. The predicted molar refractivity (Wildman–Crippen MR) is 52.8 cm³/mol. The van der Waals surface area contributed by atoms with E-state index in [1.165, 1.54) is 7.11 Å². The topological polar surface area (TPSA) is 105 Å². The fourth-order valence-electron chi connectivity index (χ4n) is 0.923. The number of hydrogen-bond acceptors (Lipinski definition) is 7. The lowest BCUT2D eigenvalue weighted by Crippen LogP contribution is -2.30. The lowest BCUT2D eigenvalue weighted by Gasteiger charge is -2.16. The maximum Gasteiger partial charge on any atom is 0.332 e. The number of esters is 1. The van der Waals surface area contributed by atoms with Gasteiger partial charge in [0.1, 0.15) is 18.8 Å². The predicted octanol–water partition coefficient (Wildman–Crippen LogP) is -2.09. The summed E-state index contributed by atoms with van der Waals surface area (Å²) in [5.41, 5.74) is 0. The molecule has 96 valence electrons. The van der Waals surface area contributed by atoms with Gasteiger partial charge in [-0.05, 0) is 0 Å². The number of ether oxygens (including phenoxy) is 3. The van der Waals surface area contributed by atoms with Gasteiger partial charge in [-0.2, -0.15) is 0 Å². The van der Waals surface area contributed by atoms with Crippen molar-refractivity contribution < 1.29 is 34.3 Å². The van der Waals surface area contributed by atoms with Gasteiger partial charge in [-0.15, -0.1) is 0 Å². The van der Waals surface area contributed by atoms with E-state index < -0.39 is 31.4 Å². The zero-order valence-corrected chi connectivity index (χ0v) is 9.16. The number of carbonyl (C=O) groups excluding carboxylic acids is 1. The zero-order valence-electron chi connectivity index (χ0n) is 9.16. The zero-order chi connectivity index (χ0) is 12.4. The van der Waals surface area contributed by atoms with Gasteiger partial charge >= 0.3 is 5.97 Å². The first-order valence-electron chi connectivity index (χ1n) is 4.80. The monoisotopic (exact) mass is 238 g/mol. The molecule has 2 atom stereocenters. The first-order chi connectivity index (χ1) is 7.63. The van der Waals surface area contributed by atoms with Gasteiger partial charge < -0.3 is 29.5 Å². The summed E-state index contributed by atoms with van der Waals surface area (Å²) in [5, 5.41) is 26.4. The minimum atomic E-state index is -0.839. The van der Waals surface area contributed by atoms with Crippen LogP contribution >= 0.6 is 0 Å². The van der Waals surface area contributed by atoms with E-state index in [0.29, 0.717) is 0 Å². The quantitative estimate of drug-likeness (QED) is 0.395. The summed E-state index contributed by atoms with van der Waals surface area (Å²) in [6.45, 7) is -1.06. The van der Waals surface area contributed by atoms with Crippen LogP contribution in [0.2, 0.25) is 0 Å². The molecule has 0 aliphatic heterocycles. The first kappa shape index (κ1) is 15.3. The van der Waals surface area contributed by atoms with Gasteiger partial charge in [-0.25, -0.2) is 4.79 Å². The molecule has 0 heterocycles. The summed E-state index contributed by atoms with van der Waals surface area (Å²) in [5.74, 6) is -0.833. The van der Waals surface area contributed by atoms with Crippen molar-refractivity contribution in [2.24, 2.45) is 0 Å². The van der Waals surface area contributed by atoms with Gasteiger partial charge in [0.15, 0.2) is 0 Å². The standard InChI is InChI=1S/C9H18O7/c1-14-4-7(12)5-15-6-8(2-10)16-9(13)3-11/h7-8,10-12H,2-6H2,1H3. The molecule has 0 saturated heterocycles. The summed E-state index contributed by atoms with van der Waals surface area (Å²) >= 11 is 0. The van der Waals surface area contributed by atoms with Gasteiger partial charge in [-0.1, -0.05) is 0 Å². The van der Waals surface area contributed by atoms with Crippen molar-refractivity contribution in [3.63, 3.8) is 0 Å². The number of aliphatic hydroxyl groups is 3. The van der Waals surface area contributed by atoms with E-state index in [-0.39, 0.29) is 19.8 Å². The molecular weight excluding hydrogens is 220 g/mol. The van der Waals surface area contributed by atoms with Gasteiger partial charge in [0.25, 0.3) is 0 Å². The number of methoxy groups -OCH3 is 1. The van der Waals surface area contributed by atoms with Crippen LogP contribution in [0.3, 0.4) is 0 Å². The Morgan fingerprint density at radius 1 is 1.25 bits per heavy atom. The highest BCUT2D eigenvalue weighted by Crippen LogP contribution is 1.95. The van der Waals surface area contributed by atoms with Gasteiger partial charge in [-0.3, -0.25) is 0 Å². The number of hydrogen-bond donors (Lipinski definition) is 3. The maximum atomic E-state index is 10.7. The largest absolute Gasteiger partial charge is 0.456 e. The van der Waals surface area contributed by atoms with Gasteiger partial charge in [0.05, 0.1) is 26.4 Å². The second-order valence-corrected chi connectivity index (χ2v) is 3.10. The van der Waals surface area contributed by atoms with Crippen LogP contribution in [0, 0.1) is 0 Å². The van der Waals surface area contributed by atoms with Crippen molar-refractivity contribution in [3.05, 3.63) is 0 Å².